The second-order valence-corrected chi connectivity index (χ2v) is 7.45. The molecule has 0 unspecified atom stereocenters. The predicted molar refractivity (Wildman–Crippen MR) is 114 cm³/mol. The fourth-order valence-electron chi connectivity index (χ4n) is 2.55. The summed E-state index contributed by atoms with van der Waals surface area (Å²) in [5, 5.41) is 10.5. The molecule has 2 aromatic carbocycles. The molecule has 3 aromatic rings. The van der Waals surface area contributed by atoms with E-state index in [1.165, 1.54) is 16.9 Å². The third-order valence-electron chi connectivity index (χ3n) is 4.01. The normalized spacial score (nSPS) is 10.5. The Balaban J connectivity index is 1.50. The maximum absolute atomic E-state index is 12.2. The molecule has 1 heterocycles. The van der Waals surface area contributed by atoms with Crippen LogP contribution in [0.25, 0.3) is 0 Å². The molecule has 0 aliphatic rings. The van der Waals surface area contributed by atoms with Crippen LogP contribution in [0.3, 0.4) is 0 Å². The van der Waals surface area contributed by atoms with Crippen molar-refractivity contribution in [2.75, 3.05) is 16.0 Å². The summed E-state index contributed by atoms with van der Waals surface area (Å²) in [5.41, 5.74) is 3.28. The molecule has 144 valence electrons. The van der Waals surface area contributed by atoms with E-state index in [1.807, 2.05) is 42.5 Å². The molecule has 0 saturated carbocycles. The van der Waals surface area contributed by atoms with Gasteiger partial charge < -0.3 is 10.6 Å². The quantitative estimate of drug-likeness (QED) is 0.544. The molecule has 6 nitrogen and oxygen atoms in total. The van der Waals surface area contributed by atoms with Gasteiger partial charge >= 0.3 is 6.03 Å². The summed E-state index contributed by atoms with van der Waals surface area (Å²) < 4.78 is 0. The summed E-state index contributed by atoms with van der Waals surface area (Å²) >= 11 is 1.28. The van der Waals surface area contributed by atoms with E-state index < -0.39 is 0 Å². The van der Waals surface area contributed by atoms with Crippen molar-refractivity contribution < 1.29 is 9.59 Å². The van der Waals surface area contributed by atoms with Gasteiger partial charge in [0.25, 0.3) is 0 Å². The van der Waals surface area contributed by atoms with Crippen LogP contribution in [-0.2, 0) is 11.2 Å². The zero-order valence-corrected chi connectivity index (χ0v) is 16.5. The number of hydrogen-bond acceptors (Lipinski definition) is 4. The number of rotatable bonds is 6. The molecule has 1 aromatic heterocycles. The maximum atomic E-state index is 12.2. The molecule has 0 aliphatic heterocycles. The predicted octanol–water partition coefficient (Wildman–Crippen LogP) is 5.09. The molecule has 0 saturated heterocycles. The fraction of sp³-hybridized carbons (Fsp3) is 0.190. The first kappa shape index (κ1) is 19.6. The van der Waals surface area contributed by atoms with Crippen LogP contribution in [0, 0.1) is 0 Å². The first-order valence-corrected chi connectivity index (χ1v) is 9.85. The van der Waals surface area contributed by atoms with Crippen molar-refractivity contribution in [3.63, 3.8) is 0 Å². The zero-order valence-electron chi connectivity index (χ0n) is 15.7. The Hall–Kier alpha value is -3.19. The maximum Gasteiger partial charge on any atom is 0.325 e. The molecule has 3 rings (SSSR count). The Morgan fingerprint density at radius 3 is 2.29 bits per heavy atom. The van der Waals surface area contributed by atoms with Crippen molar-refractivity contribution in [1.29, 1.82) is 0 Å². The van der Waals surface area contributed by atoms with Crippen LogP contribution in [0.2, 0.25) is 0 Å². The molecule has 7 heteroatoms. The smallest absolute Gasteiger partial charge is 0.325 e. The minimum atomic E-state index is -0.373. The summed E-state index contributed by atoms with van der Waals surface area (Å²) in [6.07, 6.45) is 0.143. The van der Waals surface area contributed by atoms with Crippen LogP contribution in [-0.4, -0.2) is 16.9 Å². The summed E-state index contributed by atoms with van der Waals surface area (Å²) in [4.78, 5) is 28.5. The van der Waals surface area contributed by atoms with Gasteiger partial charge in [-0.25, -0.2) is 9.78 Å². The standard InChI is InChI=1S/C21H22N4O2S/c1-14(2)15-8-10-17(11-9-15)22-19(26)12-18-13-28-21(24-18)25-20(27)23-16-6-4-3-5-7-16/h3-11,13-14H,12H2,1-2H3,(H,22,26)(H2,23,24,25,27). The lowest BCUT2D eigenvalue weighted by Crippen LogP contribution is -2.19. The molecule has 0 radical (unpaired) electrons. The SMILES string of the molecule is CC(C)c1ccc(NC(=O)Cc2csc(NC(=O)Nc3ccccc3)n2)cc1. The summed E-state index contributed by atoms with van der Waals surface area (Å²) in [6.45, 7) is 4.25. The lowest BCUT2D eigenvalue weighted by Gasteiger charge is -2.08. The van der Waals surface area contributed by atoms with Gasteiger partial charge in [-0.1, -0.05) is 44.2 Å². The number of urea groups is 1. The number of carbonyl (C=O) groups excluding carboxylic acids is 2. The number of amides is 3. The average molecular weight is 395 g/mol. The minimum absolute atomic E-state index is 0.143. The van der Waals surface area contributed by atoms with E-state index in [1.54, 1.807) is 17.5 Å². The van der Waals surface area contributed by atoms with E-state index in [2.05, 4.69) is 34.8 Å². The van der Waals surface area contributed by atoms with E-state index in [9.17, 15) is 9.59 Å². The van der Waals surface area contributed by atoms with E-state index >= 15 is 0 Å². The van der Waals surface area contributed by atoms with Crippen molar-refractivity contribution in [3.8, 4) is 0 Å². The third-order valence-corrected chi connectivity index (χ3v) is 4.81. The lowest BCUT2D eigenvalue weighted by molar-refractivity contribution is -0.115. The molecule has 0 atom stereocenters. The minimum Gasteiger partial charge on any atom is -0.326 e. The number of nitrogens with zero attached hydrogens (tertiary/aromatic N) is 1. The number of aromatic nitrogens is 1. The van der Waals surface area contributed by atoms with Crippen LogP contribution in [0.5, 0.6) is 0 Å². The first-order chi connectivity index (χ1) is 13.5. The van der Waals surface area contributed by atoms with E-state index in [-0.39, 0.29) is 18.4 Å². The van der Waals surface area contributed by atoms with Gasteiger partial charge in [-0.2, -0.15) is 0 Å². The van der Waals surface area contributed by atoms with Crippen molar-refractivity contribution in [2.45, 2.75) is 26.2 Å². The van der Waals surface area contributed by atoms with Crippen LogP contribution in [0.4, 0.5) is 21.3 Å². The average Bonchev–Trinajstić information content (AvgIpc) is 3.09. The molecule has 28 heavy (non-hydrogen) atoms. The van der Waals surface area contributed by atoms with E-state index in [4.69, 9.17) is 0 Å². The molecule has 0 bridgehead atoms. The van der Waals surface area contributed by atoms with Crippen molar-refractivity contribution in [1.82, 2.24) is 4.98 Å². The second kappa shape index (κ2) is 9.14. The number of anilines is 3. The van der Waals surface area contributed by atoms with Gasteiger partial charge in [0.1, 0.15) is 0 Å². The third kappa shape index (κ3) is 5.65. The highest BCUT2D eigenvalue weighted by Crippen LogP contribution is 2.19. The molecular formula is C21H22N4O2S. The highest BCUT2D eigenvalue weighted by atomic mass is 32.1. The summed E-state index contributed by atoms with van der Waals surface area (Å²) in [5.74, 6) is 0.299. The number of thiazole rings is 1. The number of carbonyl (C=O) groups is 2. The Bertz CT molecular complexity index is 937. The summed E-state index contributed by atoms with van der Waals surface area (Å²) in [6, 6.07) is 16.6. The summed E-state index contributed by atoms with van der Waals surface area (Å²) in [7, 11) is 0. The van der Waals surface area contributed by atoms with Gasteiger partial charge in [0.2, 0.25) is 5.91 Å². The monoisotopic (exact) mass is 394 g/mol. The molecule has 0 fully saturated rings. The topological polar surface area (TPSA) is 83.1 Å². The van der Waals surface area contributed by atoms with Crippen molar-refractivity contribution in [2.24, 2.45) is 0 Å². The number of hydrogen-bond donors (Lipinski definition) is 3. The molecular weight excluding hydrogens is 372 g/mol. The Labute approximate surface area is 168 Å². The first-order valence-electron chi connectivity index (χ1n) is 8.97. The molecule has 0 aliphatic carbocycles. The van der Waals surface area contributed by atoms with Gasteiger partial charge in [0, 0.05) is 16.8 Å². The van der Waals surface area contributed by atoms with Gasteiger partial charge in [-0.15, -0.1) is 11.3 Å². The van der Waals surface area contributed by atoms with E-state index in [0.717, 1.165) is 5.69 Å². The lowest BCUT2D eigenvalue weighted by atomic mass is 10.0. The van der Waals surface area contributed by atoms with Gasteiger partial charge in [-0.05, 0) is 35.7 Å². The molecule has 3 amide bonds. The Kier molecular flexibility index (Phi) is 6.39. The number of nitrogens with one attached hydrogen (secondary N) is 3. The van der Waals surface area contributed by atoms with Crippen molar-refractivity contribution >= 4 is 39.8 Å². The van der Waals surface area contributed by atoms with Crippen LogP contribution >= 0.6 is 11.3 Å². The number of benzene rings is 2. The fourth-order valence-corrected chi connectivity index (χ4v) is 3.25. The van der Waals surface area contributed by atoms with Crippen molar-refractivity contribution in [3.05, 3.63) is 71.2 Å². The van der Waals surface area contributed by atoms with Crippen LogP contribution in [0.15, 0.2) is 60.0 Å². The van der Waals surface area contributed by atoms with Gasteiger partial charge in [0.15, 0.2) is 5.13 Å². The number of para-hydroxylation sites is 1. The largest absolute Gasteiger partial charge is 0.326 e. The molecule has 3 N–H and O–H groups in total. The highest BCUT2D eigenvalue weighted by molar-refractivity contribution is 7.14. The Morgan fingerprint density at radius 2 is 1.61 bits per heavy atom. The van der Waals surface area contributed by atoms with Crippen LogP contribution in [0.1, 0.15) is 31.0 Å². The van der Waals surface area contributed by atoms with Gasteiger partial charge in [0.05, 0.1) is 12.1 Å². The second-order valence-electron chi connectivity index (χ2n) is 6.59. The highest BCUT2D eigenvalue weighted by Gasteiger charge is 2.10. The Morgan fingerprint density at radius 1 is 0.929 bits per heavy atom. The zero-order chi connectivity index (χ0) is 19.9. The molecule has 0 spiro atoms. The van der Waals surface area contributed by atoms with E-state index in [0.29, 0.717) is 22.4 Å². The van der Waals surface area contributed by atoms with Crippen LogP contribution < -0.4 is 16.0 Å². The van der Waals surface area contributed by atoms with Gasteiger partial charge in [-0.3, -0.25) is 10.1 Å².